The highest BCUT2D eigenvalue weighted by Crippen LogP contribution is 2.43. The number of esters is 1. The van der Waals surface area contributed by atoms with Crippen LogP contribution < -0.4 is 0 Å². The Morgan fingerprint density at radius 3 is 2.73 bits per heavy atom. The third kappa shape index (κ3) is 2.25. The maximum atomic E-state index is 12.6. The average Bonchev–Trinajstić information content (AvgIpc) is 3.01. The number of carbonyl (C=O) groups is 2. The zero-order valence-electron chi connectivity index (χ0n) is 12.8. The molecule has 1 amide bonds. The average molecular weight is 297 g/mol. The predicted molar refractivity (Wildman–Crippen MR) is 83.5 cm³/mol. The third-order valence-corrected chi connectivity index (χ3v) is 4.29. The van der Waals surface area contributed by atoms with E-state index in [1.54, 1.807) is 18.9 Å². The number of rotatable bonds is 3. The first-order chi connectivity index (χ1) is 10.6. The molecule has 0 unspecified atom stereocenters. The van der Waals surface area contributed by atoms with Gasteiger partial charge in [-0.05, 0) is 18.9 Å². The number of fused-ring (bicyclic) bond motifs is 1. The van der Waals surface area contributed by atoms with Gasteiger partial charge >= 0.3 is 5.97 Å². The van der Waals surface area contributed by atoms with Gasteiger partial charge < -0.3 is 9.64 Å². The predicted octanol–water partition coefficient (Wildman–Crippen LogP) is 2.63. The van der Waals surface area contributed by atoms with Crippen molar-refractivity contribution in [3.63, 3.8) is 0 Å². The summed E-state index contributed by atoms with van der Waals surface area (Å²) < 4.78 is 5.26. The van der Waals surface area contributed by atoms with Gasteiger partial charge in [-0.25, -0.2) is 4.79 Å². The number of hydrogen-bond acceptors (Lipinski definition) is 3. The van der Waals surface area contributed by atoms with E-state index in [1.807, 2.05) is 42.5 Å². The van der Waals surface area contributed by atoms with Crippen LogP contribution in [0.25, 0.3) is 5.70 Å². The van der Waals surface area contributed by atoms with Crippen molar-refractivity contribution in [2.24, 2.45) is 11.8 Å². The van der Waals surface area contributed by atoms with Crippen LogP contribution >= 0.6 is 0 Å². The summed E-state index contributed by atoms with van der Waals surface area (Å²) in [7, 11) is 1.73. The number of hydrogen-bond donors (Lipinski definition) is 0. The zero-order valence-corrected chi connectivity index (χ0v) is 12.8. The number of benzene rings is 1. The second-order valence-electron chi connectivity index (χ2n) is 5.54. The van der Waals surface area contributed by atoms with Gasteiger partial charge in [0.25, 0.3) is 0 Å². The van der Waals surface area contributed by atoms with Gasteiger partial charge in [-0.3, -0.25) is 4.79 Å². The standard InChI is InChI=1S/C18H19NO3/c1-3-22-18(21)15-13-10-7-11-14(13)17(20)19(2)16(15)12-8-5-4-6-9-12/h4-9,11,13-14H,3,10H2,1-2H3/t13-,14+/m0/s1. The van der Waals surface area contributed by atoms with Gasteiger partial charge in [0, 0.05) is 13.0 Å². The molecule has 0 saturated carbocycles. The molecule has 1 aliphatic heterocycles. The van der Waals surface area contributed by atoms with Gasteiger partial charge in [0.2, 0.25) is 5.91 Å². The molecule has 0 fully saturated rings. The Balaban J connectivity index is 2.18. The van der Waals surface area contributed by atoms with E-state index in [-0.39, 0.29) is 23.7 Å². The molecule has 1 aliphatic carbocycles. The zero-order chi connectivity index (χ0) is 15.7. The Morgan fingerprint density at radius 1 is 1.32 bits per heavy atom. The summed E-state index contributed by atoms with van der Waals surface area (Å²) in [5.41, 5.74) is 2.16. The van der Waals surface area contributed by atoms with Crippen LogP contribution in [0, 0.1) is 11.8 Å². The van der Waals surface area contributed by atoms with E-state index in [4.69, 9.17) is 4.74 Å². The van der Waals surface area contributed by atoms with Crippen LogP contribution in [0.3, 0.4) is 0 Å². The fourth-order valence-electron chi connectivity index (χ4n) is 3.30. The van der Waals surface area contributed by atoms with E-state index in [0.29, 0.717) is 24.3 Å². The number of allylic oxidation sites excluding steroid dienone is 1. The molecule has 0 N–H and O–H groups in total. The largest absolute Gasteiger partial charge is 0.463 e. The lowest BCUT2D eigenvalue weighted by Crippen LogP contribution is -2.41. The van der Waals surface area contributed by atoms with Crippen LogP contribution in [0.1, 0.15) is 18.9 Å². The number of carbonyl (C=O) groups excluding carboxylic acids is 2. The van der Waals surface area contributed by atoms with Crippen LogP contribution in [0.4, 0.5) is 0 Å². The van der Waals surface area contributed by atoms with Gasteiger partial charge in [0.05, 0.1) is 23.8 Å². The van der Waals surface area contributed by atoms with E-state index in [0.717, 1.165) is 5.56 Å². The molecule has 4 heteroatoms. The van der Waals surface area contributed by atoms with E-state index in [1.165, 1.54) is 0 Å². The van der Waals surface area contributed by atoms with Crippen molar-refractivity contribution < 1.29 is 14.3 Å². The van der Waals surface area contributed by atoms with Crippen molar-refractivity contribution >= 4 is 17.6 Å². The van der Waals surface area contributed by atoms with Gasteiger partial charge in [0.1, 0.15) is 0 Å². The van der Waals surface area contributed by atoms with Crippen molar-refractivity contribution in [3.8, 4) is 0 Å². The lowest BCUT2D eigenvalue weighted by Gasteiger charge is -2.35. The Morgan fingerprint density at radius 2 is 2.05 bits per heavy atom. The molecule has 0 spiro atoms. The van der Waals surface area contributed by atoms with Crippen LogP contribution in [0.15, 0.2) is 48.1 Å². The van der Waals surface area contributed by atoms with Gasteiger partial charge in [-0.15, -0.1) is 0 Å². The van der Waals surface area contributed by atoms with Crippen molar-refractivity contribution in [2.75, 3.05) is 13.7 Å². The molecule has 2 aliphatic rings. The van der Waals surface area contributed by atoms with Crippen LogP contribution in [-0.4, -0.2) is 30.4 Å². The fraction of sp³-hybridized carbons (Fsp3) is 0.333. The molecule has 0 aromatic heterocycles. The van der Waals surface area contributed by atoms with Crippen LogP contribution in [-0.2, 0) is 14.3 Å². The maximum Gasteiger partial charge on any atom is 0.336 e. The van der Waals surface area contributed by atoms with E-state index >= 15 is 0 Å². The number of nitrogens with zero attached hydrogens (tertiary/aromatic N) is 1. The second kappa shape index (κ2) is 5.79. The summed E-state index contributed by atoms with van der Waals surface area (Å²) in [6.07, 6.45) is 4.59. The Bertz CT molecular complexity index is 660. The molecule has 1 heterocycles. The maximum absolute atomic E-state index is 12.6. The first-order valence-corrected chi connectivity index (χ1v) is 7.56. The van der Waals surface area contributed by atoms with E-state index in [9.17, 15) is 9.59 Å². The molecule has 0 bridgehead atoms. The molecular weight excluding hydrogens is 278 g/mol. The minimum Gasteiger partial charge on any atom is -0.463 e. The quantitative estimate of drug-likeness (QED) is 0.636. The second-order valence-corrected chi connectivity index (χ2v) is 5.54. The van der Waals surface area contributed by atoms with Gasteiger partial charge in [-0.2, -0.15) is 0 Å². The topological polar surface area (TPSA) is 46.6 Å². The number of ether oxygens (including phenoxy) is 1. The Kier molecular flexibility index (Phi) is 3.84. The molecule has 0 saturated heterocycles. The lowest BCUT2D eigenvalue weighted by atomic mass is 9.81. The summed E-state index contributed by atoms with van der Waals surface area (Å²) in [6.45, 7) is 2.12. The van der Waals surface area contributed by atoms with Crippen molar-refractivity contribution in [3.05, 3.63) is 53.6 Å². The molecule has 3 rings (SSSR count). The highest BCUT2D eigenvalue weighted by atomic mass is 16.5. The normalized spacial score (nSPS) is 23.7. The van der Waals surface area contributed by atoms with Gasteiger partial charge in [-0.1, -0.05) is 42.5 Å². The first-order valence-electron chi connectivity index (χ1n) is 7.56. The fourth-order valence-corrected chi connectivity index (χ4v) is 3.30. The minimum atomic E-state index is -0.320. The highest BCUT2D eigenvalue weighted by molar-refractivity contribution is 6.05. The molecule has 1 aromatic carbocycles. The molecule has 1 aromatic rings. The first kappa shape index (κ1) is 14.6. The summed E-state index contributed by atoms with van der Waals surface area (Å²) in [6, 6.07) is 9.56. The van der Waals surface area contributed by atoms with Crippen LogP contribution in [0.5, 0.6) is 0 Å². The summed E-state index contributed by atoms with van der Waals surface area (Å²) in [5, 5.41) is 0. The highest BCUT2D eigenvalue weighted by Gasteiger charge is 2.44. The molecular formula is C18H19NO3. The van der Waals surface area contributed by atoms with Crippen molar-refractivity contribution in [2.45, 2.75) is 13.3 Å². The number of amides is 1. The minimum absolute atomic E-state index is 0.0330. The summed E-state index contributed by atoms with van der Waals surface area (Å²) >= 11 is 0. The van der Waals surface area contributed by atoms with Crippen LogP contribution in [0.2, 0.25) is 0 Å². The molecule has 0 radical (unpaired) electrons. The Hall–Kier alpha value is -2.36. The molecule has 114 valence electrons. The summed E-state index contributed by atoms with van der Waals surface area (Å²) in [4.78, 5) is 26.7. The smallest absolute Gasteiger partial charge is 0.336 e. The molecule has 22 heavy (non-hydrogen) atoms. The third-order valence-electron chi connectivity index (χ3n) is 4.29. The Labute approximate surface area is 130 Å². The molecule has 4 nitrogen and oxygen atoms in total. The van der Waals surface area contributed by atoms with Crippen molar-refractivity contribution in [1.82, 2.24) is 4.90 Å². The van der Waals surface area contributed by atoms with E-state index in [2.05, 4.69) is 0 Å². The van der Waals surface area contributed by atoms with Crippen molar-refractivity contribution in [1.29, 1.82) is 0 Å². The summed E-state index contributed by atoms with van der Waals surface area (Å²) in [5.74, 6) is -0.653. The monoisotopic (exact) mass is 297 g/mol. The van der Waals surface area contributed by atoms with Gasteiger partial charge in [0.15, 0.2) is 0 Å². The SMILES string of the molecule is CCOC(=O)C1=C(c2ccccc2)N(C)C(=O)[C@@H]2C=CC[C@H]12. The lowest BCUT2D eigenvalue weighted by molar-refractivity contribution is -0.140. The molecule has 2 atom stereocenters. The van der Waals surface area contributed by atoms with E-state index < -0.39 is 0 Å².